The Balaban J connectivity index is 2.38. The molecule has 1 rings (SSSR count). The van der Waals surface area contributed by atoms with Crippen LogP contribution in [0.25, 0.3) is 0 Å². The molecule has 1 aromatic heterocycles. The summed E-state index contributed by atoms with van der Waals surface area (Å²) in [6.07, 6.45) is 2.65. The van der Waals surface area contributed by atoms with E-state index in [1.165, 1.54) is 0 Å². The van der Waals surface area contributed by atoms with Gasteiger partial charge in [-0.3, -0.25) is 4.98 Å². The largest absolute Gasteiger partial charge is 0.309 e. The highest BCUT2D eigenvalue weighted by atomic mass is 14.9. The zero-order valence-corrected chi connectivity index (χ0v) is 10.2. The molecule has 1 N–H and O–H groups in total. The van der Waals surface area contributed by atoms with E-state index in [1.807, 2.05) is 32.0 Å². The van der Waals surface area contributed by atoms with Crippen molar-refractivity contribution in [3.8, 4) is 6.07 Å². The summed E-state index contributed by atoms with van der Waals surface area (Å²) < 4.78 is 0. The number of rotatable bonds is 5. The third-order valence-corrected chi connectivity index (χ3v) is 2.63. The highest BCUT2D eigenvalue weighted by Gasteiger charge is 2.16. The van der Waals surface area contributed by atoms with Crippen LogP contribution in [0.4, 0.5) is 0 Å². The van der Waals surface area contributed by atoms with Crippen molar-refractivity contribution in [3.05, 3.63) is 30.1 Å². The summed E-state index contributed by atoms with van der Waals surface area (Å²) in [4.78, 5) is 4.29. The van der Waals surface area contributed by atoms with E-state index >= 15 is 0 Å². The van der Waals surface area contributed by atoms with Crippen molar-refractivity contribution >= 4 is 0 Å². The minimum Gasteiger partial charge on any atom is -0.309 e. The predicted octanol–water partition coefficient (Wildman–Crippen LogP) is 2.67. The molecule has 0 saturated heterocycles. The Labute approximate surface area is 97.5 Å². The fourth-order valence-electron chi connectivity index (χ4n) is 1.39. The first kappa shape index (κ1) is 12.7. The molecule has 3 heteroatoms. The predicted molar refractivity (Wildman–Crippen MR) is 64.7 cm³/mol. The van der Waals surface area contributed by atoms with Crippen LogP contribution < -0.4 is 5.32 Å². The maximum absolute atomic E-state index is 8.89. The summed E-state index contributed by atoms with van der Waals surface area (Å²) in [6.45, 7) is 6.83. The number of nitrogens with one attached hydrogen (secondary N) is 1. The summed E-state index contributed by atoms with van der Waals surface area (Å²) in [5, 5.41) is 12.3. The molecule has 0 aromatic carbocycles. The lowest BCUT2D eigenvalue weighted by atomic mass is 9.91. The molecule has 0 radical (unpaired) electrons. The van der Waals surface area contributed by atoms with Crippen molar-refractivity contribution in [3.63, 3.8) is 0 Å². The monoisotopic (exact) mass is 217 g/mol. The standard InChI is InChI=1S/C13H19N3/c1-11(12-6-4-5-8-16-12)15-9-7-13(2,3)10-14/h4-6,8,11,15H,7,9H2,1-3H3. The van der Waals surface area contributed by atoms with Crippen molar-refractivity contribution < 1.29 is 0 Å². The van der Waals surface area contributed by atoms with Gasteiger partial charge in [-0.2, -0.15) is 5.26 Å². The van der Waals surface area contributed by atoms with Crippen molar-refractivity contribution in [1.29, 1.82) is 5.26 Å². The van der Waals surface area contributed by atoms with Crippen LogP contribution in [0, 0.1) is 16.7 Å². The molecule has 0 spiro atoms. The fraction of sp³-hybridized carbons (Fsp3) is 0.538. The van der Waals surface area contributed by atoms with E-state index in [-0.39, 0.29) is 11.5 Å². The Kier molecular flexibility index (Phi) is 4.45. The molecule has 0 amide bonds. The molecule has 3 nitrogen and oxygen atoms in total. The number of aromatic nitrogens is 1. The zero-order chi connectivity index (χ0) is 12.0. The molecule has 1 unspecified atom stereocenters. The van der Waals surface area contributed by atoms with E-state index in [9.17, 15) is 0 Å². The molecule has 1 aromatic rings. The third-order valence-electron chi connectivity index (χ3n) is 2.63. The van der Waals surface area contributed by atoms with Gasteiger partial charge in [-0.05, 0) is 45.9 Å². The van der Waals surface area contributed by atoms with Crippen molar-refractivity contribution in [2.45, 2.75) is 33.2 Å². The third kappa shape index (κ3) is 4.00. The van der Waals surface area contributed by atoms with Gasteiger partial charge in [-0.25, -0.2) is 0 Å². The fourth-order valence-corrected chi connectivity index (χ4v) is 1.39. The molecule has 0 saturated carbocycles. The number of pyridine rings is 1. The zero-order valence-electron chi connectivity index (χ0n) is 10.2. The van der Waals surface area contributed by atoms with Crippen LogP contribution in [0.5, 0.6) is 0 Å². The minimum absolute atomic E-state index is 0.232. The Bertz CT molecular complexity index is 351. The van der Waals surface area contributed by atoms with Crippen LogP contribution in [-0.2, 0) is 0 Å². The SMILES string of the molecule is CC(NCCC(C)(C)C#N)c1ccccn1. The van der Waals surface area contributed by atoms with Gasteiger partial charge in [0, 0.05) is 12.2 Å². The molecule has 1 atom stereocenters. The minimum atomic E-state index is -0.253. The molecule has 0 aliphatic rings. The van der Waals surface area contributed by atoms with Crippen LogP contribution in [0.15, 0.2) is 24.4 Å². The number of hydrogen-bond acceptors (Lipinski definition) is 3. The summed E-state index contributed by atoms with van der Waals surface area (Å²) in [7, 11) is 0. The van der Waals surface area contributed by atoms with Gasteiger partial charge in [-0.1, -0.05) is 6.07 Å². The smallest absolute Gasteiger partial charge is 0.0684 e. The Morgan fingerprint density at radius 2 is 2.25 bits per heavy atom. The molecular weight excluding hydrogens is 198 g/mol. The van der Waals surface area contributed by atoms with Crippen LogP contribution in [0.3, 0.4) is 0 Å². The van der Waals surface area contributed by atoms with Gasteiger partial charge in [0.05, 0.1) is 17.2 Å². The van der Waals surface area contributed by atoms with Gasteiger partial charge in [0.15, 0.2) is 0 Å². The molecule has 0 aliphatic carbocycles. The topological polar surface area (TPSA) is 48.7 Å². The lowest BCUT2D eigenvalue weighted by Gasteiger charge is -2.18. The van der Waals surface area contributed by atoms with Crippen LogP contribution in [-0.4, -0.2) is 11.5 Å². The van der Waals surface area contributed by atoms with Crippen LogP contribution >= 0.6 is 0 Å². The van der Waals surface area contributed by atoms with E-state index in [2.05, 4.69) is 23.3 Å². The first-order valence-corrected chi connectivity index (χ1v) is 5.61. The van der Waals surface area contributed by atoms with Gasteiger partial charge in [0.25, 0.3) is 0 Å². The van der Waals surface area contributed by atoms with E-state index in [0.717, 1.165) is 18.7 Å². The first-order chi connectivity index (χ1) is 7.55. The van der Waals surface area contributed by atoms with Gasteiger partial charge >= 0.3 is 0 Å². The maximum atomic E-state index is 8.89. The highest BCUT2D eigenvalue weighted by Crippen LogP contribution is 2.18. The van der Waals surface area contributed by atoms with E-state index in [0.29, 0.717) is 0 Å². The summed E-state index contributed by atoms with van der Waals surface area (Å²) in [6, 6.07) is 8.44. The Morgan fingerprint density at radius 3 is 2.81 bits per heavy atom. The summed E-state index contributed by atoms with van der Waals surface area (Å²) in [5.74, 6) is 0. The molecular formula is C13H19N3. The van der Waals surface area contributed by atoms with Gasteiger partial charge in [0.2, 0.25) is 0 Å². The van der Waals surface area contributed by atoms with Crippen molar-refractivity contribution in [2.24, 2.45) is 5.41 Å². The lowest BCUT2D eigenvalue weighted by Crippen LogP contribution is -2.24. The van der Waals surface area contributed by atoms with Gasteiger partial charge in [0.1, 0.15) is 0 Å². The van der Waals surface area contributed by atoms with Crippen LogP contribution in [0.2, 0.25) is 0 Å². The van der Waals surface area contributed by atoms with E-state index < -0.39 is 0 Å². The Morgan fingerprint density at radius 1 is 1.50 bits per heavy atom. The van der Waals surface area contributed by atoms with Crippen molar-refractivity contribution in [1.82, 2.24) is 10.3 Å². The lowest BCUT2D eigenvalue weighted by molar-refractivity contribution is 0.414. The molecule has 86 valence electrons. The molecule has 16 heavy (non-hydrogen) atoms. The second-order valence-electron chi connectivity index (χ2n) is 4.68. The van der Waals surface area contributed by atoms with Crippen molar-refractivity contribution in [2.75, 3.05) is 6.54 Å². The maximum Gasteiger partial charge on any atom is 0.0684 e. The number of nitrogens with zero attached hydrogens (tertiary/aromatic N) is 2. The van der Waals surface area contributed by atoms with Crippen LogP contribution in [0.1, 0.15) is 38.9 Å². The van der Waals surface area contributed by atoms with Gasteiger partial charge in [-0.15, -0.1) is 0 Å². The summed E-state index contributed by atoms with van der Waals surface area (Å²) >= 11 is 0. The van der Waals surface area contributed by atoms with E-state index in [1.54, 1.807) is 6.20 Å². The molecule has 0 aliphatic heterocycles. The number of hydrogen-bond donors (Lipinski definition) is 1. The molecule has 0 bridgehead atoms. The van der Waals surface area contributed by atoms with E-state index in [4.69, 9.17) is 5.26 Å². The van der Waals surface area contributed by atoms with Gasteiger partial charge < -0.3 is 5.32 Å². The first-order valence-electron chi connectivity index (χ1n) is 5.61. The average molecular weight is 217 g/mol. The second-order valence-corrected chi connectivity index (χ2v) is 4.68. The summed E-state index contributed by atoms with van der Waals surface area (Å²) in [5.41, 5.74) is 0.786. The number of nitriles is 1. The Hall–Kier alpha value is -1.40. The normalized spacial score (nSPS) is 13.1. The average Bonchev–Trinajstić information content (AvgIpc) is 2.30. The second kappa shape index (κ2) is 5.62. The molecule has 0 fully saturated rings. The quantitative estimate of drug-likeness (QED) is 0.825. The highest BCUT2D eigenvalue weighted by molar-refractivity contribution is 5.07. The molecule has 1 heterocycles.